The minimum atomic E-state index is -0.790. The number of halogens is 2. The van der Waals surface area contributed by atoms with Gasteiger partial charge in [-0.05, 0) is 60.7 Å². The van der Waals surface area contributed by atoms with Gasteiger partial charge in [0.05, 0.1) is 12.5 Å². The van der Waals surface area contributed by atoms with Crippen molar-refractivity contribution in [3.8, 4) is 0 Å². The number of carbonyl (C=O) groups is 1. The van der Waals surface area contributed by atoms with Crippen LogP contribution in [0, 0.1) is 17.6 Å². The van der Waals surface area contributed by atoms with E-state index in [1.807, 2.05) is 19.9 Å². The fraction of sp³-hybridized carbons (Fsp3) is 0.500. The largest absolute Gasteiger partial charge is 0.468 e. The molecule has 1 aliphatic rings. The van der Waals surface area contributed by atoms with Crippen molar-refractivity contribution in [1.82, 2.24) is 9.80 Å². The van der Waals surface area contributed by atoms with Gasteiger partial charge >= 0.3 is 5.97 Å². The van der Waals surface area contributed by atoms with Crippen LogP contribution in [0.4, 0.5) is 8.78 Å². The lowest BCUT2D eigenvalue weighted by Crippen LogP contribution is -2.47. The van der Waals surface area contributed by atoms with Gasteiger partial charge in [0.15, 0.2) is 0 Å². The third-order valence-corrected chi connectivity index (χ3v) is 6.70. The molecule has 2 aromatic carbocycles. The molecular weight excluding hydrogens is 410 g/mol. The second-order valence-electron chi connectivity index (χ2n) is 8.98. The molecule has 6 heteroatoms. The number of hydrogen-bond donors (Lipinski definition) is 0. The third-order valence-electron chi connectivity index (χ3n) is 6.70. The number of hydrogen-bond acceptors (Lipinski definition) is 4. The van der Waals surface area contributed by atoms with Crippen molar-refractivity contribution in [2.45, 2.75) is 38.6 Å². The number of carbonyl (C=O) groups excluding carboxylic acids is 1. The SMILES string of the molecule is COC(=O)C(CCCN1CCN(Cc2cccc(F)c2)CC1)(c1ccc(F)cc1)C(C)C. The number of benzene rings is 2. The number of ether oxygens (including phenoxy) is 1. The van der Waals surface area contributed by atoms with E-state index in [0.717, 1.165) is 56.8 Å². The molecule has 0 N–H and O–H groups in total. The van der Waals surface area contributed by atoms with Gasteiger partial charge in [-0.15, -0.1) is 0 Å². The summed E-state index contributed by atoms with van der Waals surface area (Å²) < 4.78 is 32.1. The van der Waals surface area contributed by atoms with E-state index in [-0.39, 0.29) is 23.5 Å². The van der Waals surface area contributed by atoms with E-state index >= 15 is 0 Å². The van der Waals surface area contributed by atoms with Gasteiger partial charge < -0.3 is 9.64 Å². The minimum Gasteiger partial charge on any atom is -0.468 e. The number of esters is 1. The molecule has 1 atom stereocenters. The molecule has 0 amide bonds. The predicted molar refractivity (Wildman–Crippen MR) is 122 cm³/mol. The van der Waals surface area contributed by atoms with Crippen molar-refractivity contribution < 1.29 is 18.3 Å². The number of piperazine rings is 1. The molecule has 1 unspecified atom stereocenters. The van der Waals surface area contributed by atoms with Gasteiger partial charge in [-0.3, -0.25) is 9.69 Å². The van der Waals surface area contributed by atoms with Crippen LogP contribution in [0.5, 0.6) is 0 Å². The van der Waals surface area contributed by atoms with Gasteiger partial charge in [0.2, 0.25) is 0 Å². The van der Waals surface area contributed by atoms with Crippen LogP contribution < -0.4 is 0 Å². The molecule has 0 bridgehead atoms. The lowest BCUT2D eigenvalue weighted by molar-refractivity contribution is -0.150. The summed E-state index contributed by atoms with van der Waals surface area (Å²) in [4.78, 5) is 17.7. The van der Waals surface area contributed by atoms with Crippen LogP contribution in [-0.2, 0) is 21.5 Å². The number of nitrogens with zero attached hydrogens (tertiary/aromatic N) is 2. The maximum atomic E-state index is 13.5. The molecule has 1 saturated heterocycles. The van der Waals surface area contributed by atoms with Gasteiger partial charge in [0.1, 0.15) is 11.6 Å². The summed E-state index contributed by atoms with van der Waals surface area (Å²) in [5, 5.41) is 0. The van der Waals surface area contributed by atoms with E-state index in [1.54, 1.807) is 24.3 Å². The highest BCUT2D eigenvalue weighted by molar-refractivity contribution is 5.83. The average Bonchev–Trinajstić information content (AvgIpc) is 2.78. The van der Waals surface area contributed by atoms with Crippen LogP contribution in [-0.4, -0.2) is 55.6 Å². The van der Waals surface area contributed by atoms with Gasteiger partial charge in [-0.25, -0.2) is 8.78 Å². The van der Waals surface area contributed by atoms with Gasteiger partial charge in [0, 0.05) is 32.7 Å². The fourth-order valence-electron chi connectivity index (χ4n) is 4.80. The Kier molecular flexibility index (Phi) is 8.38. The van der Waals surface area contributed by atoms with Crippen molar-refractivity contribution in [2.75, 3.05) is 39.8 Å². The Labute approximate surface area is 190 Å². The second kappa shape index (κ2) is 11.0. The van der Waals surface area contributed by atoms with Crippen LogP contribution in [0.1, 0.15) is 37.8 Å². The molecule has 4 nitrogen and oxygen atoms in total. The summed E-state index contributed by atoms with van der Waals surface area (Å²) in [6.45, 7) is 9.44. The Morgan fingerprint density at radius 1 is 1.00 bits per heavy atom. The summed E-state index contributed by atoms with van der Waals surface area (Å²) in [6.07, 6.45) is 1.49. The molecule has 2 aromatic rings. The highest BCUT2D eigenvalue weighted by Gasteiger charge is 2.44. The smallest absolute Gasteiger partial charge is 0.316 e. The molecule has 0 saturated carbocycles. The zero-order valence-corrected chi connectivity index (χ0v) is 19.3. The maximum absolute atomic E-state index is 13.5. The Morgan fingerprint density at radius 2 is 1.66 bits per heavy atom. The molecule has 1 heterocycles. The van der Waals surface area contributed by atoms with E-state index in [0.29, 0.717) is 6.42 Å². The topological polar surface area (TPSA) is 32.8 Å². The van der Waals surface area contributed by atoms with Crippen molar-refractivity contribution >= 4 is 5.97 Å². The molecule has 174 valence electrons. The number of rotatable bonds is 9. The standard InChI is InChI=1S/C26H34F2N2O2/c1-20(2)26(25(31)32-3,22-8-10-23(27)11-9-22)12-5-13-29-14-16-30(17-15-29)19-21-6-4-7-24(28)18-21/h4,6-11,18,20H,5,12-17,19H2,1-3H3. The summed E-state index contributed by atoms with van der Waals surface area (Å²) in [6, 6.07) is 13.0. The Hall–Kier alpha value is -2.31. The Morgan fingerprint density at radius 3 is 2.25 bits per heavy atom. The van der Waals surface area contributed by atoms with Crippen LogP contribution in [0.3, 0.4) is 0 Å². The van der Waals surface area contributed by atoms with Gasteiger partial charge in [-0.2, -0.15) is 0 Å². The minimum absolute atomic E-state index is 0.0172. The third kappa shape index (κ3) is 5.73. The monoisotopic (exact) mass is 444 g/mol. The van der Waals surface area contributed by atoms with E-state index in [9.17, 15) is 13.6 Å². The first-order valence-corrected chi connectivity index (χ1v) is 11.4. The quantitative estimate of drug-likeness (QED) is 0.528. The average molecular weight is 445 g/mol. The first-order valence-electron chi connectivity index (χ1n) is 11.4. The van der Waals surface area contributed by atoms with Crippen molar-refractivity contribution in [3.63, 3.8) is 0 Å². The van der Waals surface area contributed by atoms with Crippen LogP contribution >= 0.6 is 0 Å². The van der Waals surface area contributed by atoms with Crippen molar-refractivity contribution in [2.24, 2.45) is 5.92 Å². The maximum Gasteiger partial charge on any atom is 0.316 e. The zero-order valence-electron chi connectivity index (χ0n) is 19.3. The van der Waals surface area contributed by atoms with E-state index in [1.165, 1.54) is 25.3 Å². The first kappa shape index (κ1) is 24.3. The molecule has 32 heavy (non-hydrogen) atoms. The molecule has 0 aliphatic carbocycles. The number of methoxy groups -OCH3 is 1. The second-order valence-corrected chi connectivity index (χ2v) is 8.98. The van der Waals surface area contributed by atoms with Gasteiger partial charge in [-0.1, -0.05) is 38.1 Å². The molecule has 1 aliphatic heterocycles. The normalized spacial score (nSPS) is 17.3. The van der Waals surface area contributed by atoms with Gasteiger partial charge in [0.25, 0.3) is 0 Å². The fourth-order valence-corrected chi connectivity index (χ4v) is 4.80. The van der Waals surface area contributed by atoms with E-state index in [4.69, 9.17) is 4.74 Å². The summed E-state index contributed by atoms with van der Waals surface area (Å²) >= 11 is 0. The van der Waals surface area contributed by atoms with Crippen molar-refractivity contribution in [3.05, 3.63) is 71.3 Å². The van der Waals surface area contributed by atoms with Crippen LogP contribution in [0.15, 0.2) is 48.5 Å². The van der Waals surface area contributed by atoms with Crippen molar-refractivity contribution in [1.29, 1.82) is 0 Å². The summed E-state index contributed by atoms with van der Waals surface area (Å²) in [5.41, 5.74) is 1.01. The van der Waals surface area contributed by atoms with E-state index < -0.39 is 5.41 Å². The molecule has 1 fully saturated rings. The Balaban J connectivity index is 1.57. The molecule has 0 spiro atoms. The predicted octanol–water partition coefficient (Wildman–Crippen LogP) is 4.63. The lowest BCUT2D eigenvalue weighted by Gasteiger charge is -2.38. The van der Waals surface area contributed by atoms with Crippen LogP contribution in [0.2, 0.25) is 0 Å². The highest BCUT2D eigenvalue weighted by Crippen LogP contribution is 2.38. The summed E-state index contributed by atoms with van der Waals surface area (Å²) in [5.74, 6) is -0.753. The molecule has 0 aromatic heterocycles. The first-order chi connectivity index (χ1) is 15.3. The molecular formula is C26H34F2N2O2. The molecule has 0 radical (unpaired) electrons. The zero-order chi connectivity index (χ0) is 23.1. The Bertz CT molecular complexity index is 880. The van der Waals surface area contributed by atoms with Crippen LogP contribution in [0.25, 0.3) is 0 Å². The summed E-state index contributed by atoms with van der Waals surface area (Å²) in [7, 11) is 1.42. The highest BCUT2D eigenvalue weighted by atomic mass is 19.1. The lowest BCUT2D eigenvalue weighted by atomic mass is 9.68. The van der Waals surface area contributed by atoms with E-state index in [2.05, 4.69) is 9.80 Å². The molecule has 3 rings (SSSR count).